The van der Waals surface area contributed by atoms with E-state index in [0.717, 1.165) is 24.9 Å². The molecule has 2 rings (SSSR count). The van der Waals surface area contributed by atoms with Crippen LogP contribution in [0.25, 0.3) is 0 Å². The molecule has 3 nitrogen and oxygen atoms in total. The van der Waals surface area contributed by atoms with Crippen LogP contribution < -0.4 is 0 Å². The molecule has 3 heteroatoms. The van der Waals surface area contributed by atoms with Gasteiger partial charge in [-0.15, -0.1) is 0 Å². The zero-order chi connectivity index (χ0) is 13.2. The summed E-state index contributed by atoms with van der Waals surface area (Å²) in [5.41, 5.74) is -0.379. The van der Waals surface area contributed by atoms with Gasteiger partial charge < -0.3 is 9.64 Å². The van der Waals surface area contributed by atoms with E-state index in [1.807, 2.05) is 13.8 Å². The number of hydrogen-bond donors (Lipinski definition) is 0. The summed E-state index contributed by atoms with van der Waals surface area (Å²) in [6.45, 7) is 7.16. The molecule has 0 radical (unpaired) electrons. The van der Waals surface area contributed by atoms with Crippen LogP contribution in [0, 0.1) is 17.3 Å². The normalized spacial score (nSPS) is 29.7. The van der Waals surface area contributed by atoms with E-state index in [1.54, 1.807) is 0 Å². The lowest BCUT2D eigenvalue weighted by atomic mass is 9.74. The smallest absolute Gasteiger partial charge is 0.312 e. The third-order valence-corrected chi connectivity index (χ3v) is 4.73. The van der Waals surface area contributed by atoms with E-state index in [9.17, 15) is 4.79 Å². The van der Waals surface area contributed by atoms with Crippen molar-refractivity contribution in [3.8, 4) is 0 Å². The highest BCUT2D eigenvalue weighted by atomic mass is 16.5. The topological polar surface area (TPSA) is 29.5 Å². The monoisotopic (exact) mass is 253 g/mol. The average Bonchev–Trinajstić information content (AvgIpc) is 2.37. The van der Waals surface area contributed by atoms with Crippen molar-refractivity contribution in [2.45, 2.75) is 46.0 Å². The summed E-state index contributed by atoms with van der Waals surface area (Å²) in [5.74, 6) is 1.74. The largest absolute Gasteiger partial charge is 0.469 e. The van der Waals surface area contributed by atoms with Gasteiger partial charge in [-0.05, 0) is 45.1 Å². The molecule has 1 saturated carbocycles. The number of piperidine rings is 1. The van der Waals surface area contributed by atoms with E-state index in [0.29, 0.717) is 0 Å². The number of carbonyl (C=O) groups is 1. The van der Waals surface area contributed by atoms with E-state index >= 15 is 0 Å². The van der Waals surface area contributed by atoms with Crippen molar-refractivity contribution in [3.63, 3.8) is 0 Å². The van der Waals surface area contributed by atoms with Crippen LogP contribution in [-0.2, 0) is 9.53 Å². The first-order valence-electron chi connectivity index (χ1n) is 7.34. The fourth-order valence-electron chi connectivity index (χ4n) is 3.72. The highest BCUT2D eigenvalue weighted by molar-refractivity contribution is 5.76. The second-order valence-electron chi connectivity index (χ2n) is 6.70. The number of nitrogens with zero attached hydrogens (tertiary/aromatic N) is 1. The van der Waals surface area contributed by atoms with Crippen molar-refractivity contribution in [2.75, 3.05) is 26.7 Å². The van der Waals surface area contributed by atoms with Gasteiger partial charge >= 0.3 is 5.97 Å². The van der Waals surface area contributed by atoms with Crippen molar-refractivity contribution >= 4 is 5.97 Å². The van der Waals surface area contributed by atoms with Crippen molar-refractivity contribution in [3.05, 3.63) is 0 Å². The number of methoxy groups -OCH3 is 1. The number of esters is 1. The van der Waals surface area contributed by atoms with Gasteiger partial charge in [0, 0.05) is 13.1 Å². The molecule has 1 heterocycles. The Labute approximate surface area is 111 Å². The second kappa shape index (κ2) is 5.60. The minimum Gasteiger partial charge on any atom is -0.469 e. The van der Waals surface area contributed by atoms with Crippen LogP contribution in [0.5, 0.6) is 0 Å². The van der Waals surface area contributed by atoms with Gasteiger partial charge in [-0.25, -0.2) is 0 Å². The molecule has 0 aromatic rings. The molecule has 1 aliphatic heterocycles. The van der Waals surface area contributed by atoms with Gasteiger partial charge in [0.2, 0.25) is 0 Å². The highest BCUT2D eigenvalue weighted by Gasteiger charge is 2.36. The van der Waals surface area contributed by atoms with E-state index in [-0.39, 0.29) is 11.4 Å². The molecule has 2 unspecified atom stereocenters. The van der Waals surface area contributed by atoms with Crippen LogP contribution in [0.15, 0.2) is 0 Å². The molecule has 1 saturated heterocycles. The molecule has 0 bridgehead atoms. The summed E-state index contributed by atoms with van der Waals surface area (Å²) < 4.78 is 4.90. The average molecular weight is 253 g/mol. The number of carbonyl (C=O) groups excluding carboxylic acids is 1. The molecule has 0 amide bonds. The van der Waals surface area contributed by atoms with Crippen LogP contribution in [0.2, 0.25) is 0 Å². The van der Waals surface area contributed by atoms with Crippen LogP contribution in [0.1, 0.15) is 46.0 Å². The Balaban J connectivity index is 1.89. The van der Waals surface area contributed by atoms with E-state index in [1.165, 1.54) is 45.8 Å². The Kier molecular flexibility index (Phi) is 4.31. The van der Waals surface area contributed by atoms with Gasteiger partial charge in [0.05, 0.1) is 12.5 Å². The lowest BCUT2D eigenvalue weighted by Gasteiger charge is -2.43. The van der Waals surface area contributed by atoms with E-state index in [2.05, 4.69) is 4.90 Å². The van der Waals surface area contributed by atoms with E-state index < -0.39 is 0 Å². The maximum Gasteiger partial charge on any atom is 0.312 e. The van der Waals surface area contributed by atoms with Gasteiger partial charge in [0.15, 0.2) is 0 Å². The predicted octanol–water partition coefficient (Wildman–Crippen LogP) is 2.70. The van der Waals surface area contributed by atoms with Gasteiger partial charge in [0.1, 0.15) is 0 Å². The zero-order valence-electron chi connectivity index (χ0n) is 12.1. The molecule has 2 fully saturated rings. The summed E-state index contributed by atoms with van der Waals surface area (Å²) in [5, 5.41) is 0. The Hall–Kier alpha value is -0.570. The van der Waals surface area contributed by atoms with Gasteiger partial charge in [0.25, 0.3) is 0 Å². The third-order valence-electron chi connectivity index (χ3n) is 4.73. The summed E-state index contributed by atoms with van der Waals surface area (Å²) in [7, 11) is 1.48. The lowest BCUT2D eigenvalue weighted by molar-refractivity contribution is -0.152. The molecule has 2 atom stereocenters. The SMILES string of the molecule is COC(=O)C(C)(C)CN1CCC2CCCCC2C1. The Bertz CT molecular complexity index is 301. The van der Waals surface area contributed by atoms with Crippen molar-refractivity contribution in [2.24, 2.45) is 17.3 Å². The first-order chi connectivity index (χ1) is 8.53. The highest BCUT2D eigenvalue weighted by Crippen LogP contribution is 2.36. The third kappa shape index (κ3) is 3.05. The number of ether oxygens (including phenoxy) is 1. The zero-order valence-corrected chi connectivity index (χ0v) is 12.1. The van der Waals surface area contributed by atoms with Crippen LogP contribution in [-0.4, -0.2) is 37.6 Å². The predicted molar refractivity (Wildman–Crippen MR) is 72.3 cm³/mol. The Morgan fingerprint density at radius 2 is 1.89 bits per heavy atom. The molecule has 18 heavy (non-hydrogen) atoms. The fourth-order valence-corrected chi connectivity index (χ4v) is 3.72. The first kappa shape index (κ1) is 13.9. The summed E-state index contributed by atoms with van der Waals surface area (Å²) in [4.78, 5) is 14.2. The van der Waals surface area contributed by atoms with Crippen LogP contribution in [0.4, 0.5) is 0 Å². The quantitative estimate of drug-likeness (QED) is 0.724. The molecule has 0 spiro atoms. The maximum atomic E-state index is 11.7. The molecular formula is C15H27NO2. The number of hydrogen-bond acceptors (Lipinski definition) is 3. The molecule has 0 N–H and O–H groups in total. The standard InChI is InChI=1S/C15H27NO2/c1-15(2,14(17)18-3)11-16-9-8-12-6-4-5-7-13(12)10-16/h12-13H,4-11H2,1-3H3. The Morgan fingerprint density at radius 1 is 1.22 bits per heavy atom. The molecule has 1 aliphatic carbocycles. The van der Waals surface area contributed by atoms with Crippen LogP contribution in [0.3, 0.4) is 0 Å². The summed E-state index contributed by atoms with van der Waals surface area (Å²) in [6.07, 6.45) is 6.96. The number of fused-ring (bicyclic) bond motifs is 1. The molecule has 0 aromatic carbocycles. The molecular weight excluding hydrogens is 226 g/mol. The summed E-state index contributed by atoms with van der Waals surface area (Å²) >= 11 is 0. The lowest BCUT2D eigenvalue weighted by Crippen LogP contribution is -2.47. The molecule has 104 valence electrons. The van der Waals surface area contributed by atoms with Crippen molar-refractivity contribution in [1.29, 1.82) is 0 Å². The van der Waals surface area contributed by atoms with Crippen molar-refractivity contribution < 1.29 is 9.53 Å². The van der Waals surface area contributed by atoms with Gasteiger partial charge in [-0.2, -0.15) is 0 Å². The summed E-state index contributed by atoms with van der Waals surface area (Å²) in [6, 6.07) is 0. The fraction of sp³-hybridized carbons (Fsp3) is 0.933. The molecule has 0 aromatic heterocycles. The maximum absolute atomic E-state index is 11.7. The molecule has 2 aliphatic rings. The van der Waals surface area contributed by atoms with Crippen LogP contribution >= 0.6 is 0 Å². The van der Waals surface area contributed by atoms with Crippen molar-refractivity contribution in [1.82, 2.24) is 4.90 Å². The second-order valence-corrected chi connectivity index (χ2v) is 6.70. The Morgan fingerprint density at radius 3 is 2.56 bits per heavy atom. The number of rotatable bonds is 3. The first-order valence-corrected chi connectivity index (χ1v) is 7.34. The van der Waals surface area contributed by atoms with E-state index in [4.69, 9.17) is 4.74 Å². The minimum atomic E-state index is -0.379. The number of likely N-dealkylation sites (tertiary alicyclic amines) is 1. The van der Waals surface area contributed by atoms with Gasteiger partial charge in [-0.3, -0.25) is 4.79 Å². The van der Waals surface area contributed by atoms with Gasteiger partial charge in [-0.1, -0.05) is 19.3 Å². The minimum absolute atomic E-state index is 0.0896.